The molecule has 46 heavy (non-hydrogen) atoms. The first-order chi connectivity index (χ1) is 21.9. The second-order valence-corrected chi connectivity index (χ2v) is 11.5. The summed E-state index contributed by atoms with van der Waals surface area (Å²) in [6.45, 7) is 4.31. The van der Waals surface area contributed by atoms with Gasteiger partial charge >= 0.3 is 12.1 Å². The highest BCUT2D eigenvalue weighted by molar-refractivity contribution is 5.94. The maximum atomic E-state index is 13.7. The van der Waals surface area contributed by atoms with Crippen LogP contribution in [-0.2, 0) is 19.9 Å². The van der Waals surface area contributed by atoms with E-state index in [1.165, 1.54) is 0 Å². The molecule has 0 aliphatic carbocycles. The van der Waals surface area contributed by atoms with Crippen LogP contribution >= 0.6 is 0 Å². The average Bonchev–Trinajstić information content (AvgIpc) is 3.07. The lowest BCUT2D eigenvalue weighted by molar-refractivity contribution is -0.946. The molecule has 6 rings (SSSR count). The summed E-state index contributed by atoms with van der Waals surface area (Å²) in [5.74, 6) is -2.78. The largest absolute Gasteiger partial charge is 0.542 e. The molecule has 3 heterocycles. The van der Waals surface area contributed by atoms with Crippen LogP contribution in [0, 0.1) is 5.92 Å². The van der Waals surface area contributed by atoms with Crippen molar-refractivity contribution in [3.8, 4) is 5.75 Å². The normalized spacial score (nSPS) is 20.5. The highest BCUT2D eigenvalue weighted by Crippen LogP contribution is 2.38. The number of piperidine rings is 3. The molecule has 1 atom stereocenters. The quantitative estimate of drug-likeness (QED) is 0.198. The predicted molar refractivity (Wildman–Crippen MR) is 159 cm³/mol. The summed E-state index contributed by atoms with van der Waals surface area (Å²) in [5.41, 5.74) is -0.295. The van der Waals surface area contributed by atoms with Crippen molar-refractivity contribution in [2.75, 3.05) is 39.8 Å². The topological polar surface area (TPSA) is 125 Å². The lowest BCUT2D eigenvalue weighted by Crippen LogP contribution is -2.65. The zero-order valence-corrected chi connectivity index (χ0v) is 25.4. The number of aliphatic carboxylic acids is 1. The van der Waals surface area contributed by atoms with Crippen molar-refractivity contribution in [2.45, 2.75) is 37.1 Å². The number of carbonyl (C=O) groups is 3. The molecule has 0 saturated carbocycles. The predicted octanol–water partition coefficient (Wildman–Crippen LogP) is 3.20. The number of nitrogens with one attached hydrogen (secondary N) is 1. The zero-order valence-electron chi connectivity index (χ0n) is 25.4. The van der Waals surface area contributed by atoms with Crippen molar-refractivity contribution >= 4 is 17.8 Å². The number of rotatable bonds is 10. The second-order valence-electron chi connectivity index (χ2n) is 11.5. The Morgan fingerprint density at radius 1 is 0.935 bits per heavy atom. The number of aliphatic hydroxyl groups is 1. The van der Waals surface area contributed by atoms with E-state index in [0.29, 0.717) is 34.9 Å². The first-order valence-electron chi connectivity index (χ1n) is 15.0. The summed E-state index contributed by atoms with van der Waals surface area (Å²) in [6, 6.07) is 25.2. The Labute approximate surface area is 265 Å². The number of esters is 1. The van der Waals surface area contributed by atoms with Gasteiger partial charge in [-0.2, -0.15) is 13.2 Å². The Morgan fingerprint density at radius 2 is 1.50 bits per heavy atom. The van der Waals surface area contributed by atoms with Crippen LogP contribution in [0.5, 0.6) is 5.75 Å². The monoisotopic (exact) mass is 642 g/mol. The number of amides is 1. The number of carboxylic acids is 1. The van der Waals surface area contributed by atoms with Crippen LogP contribution in [0.1, 0.15) is 40.7 Å². The summed E-state index contributed by atoms with van der Waals surface area (Å²) < 4.78 is 43.8. The molecule has 1 amide bonds. The molecule has 3 aromatic carbocycles. The standard InChI is InChI=1S/C32H36N2O5.C2HF3O2/c1-38-28-15-8-10-25(22-28)30(35)33-18-9-19-34-20-16-24(17-21-34)29(23-34)39-31(36)32(37,26-11-4-2-5-12-26)27-13-6-3-7-14-27;3-2(4,5)1(6)7/h2-8,10-15,22,24,29,37H,9,16-21,23H2,1H3;(H,6,7)/t24?,29-,34?;/m0./s1. The molecule has 12 heteroatoms. The lowest BCUT2D eigenvalue weighted by atomic mass is 9.82. The van der Waals surface area contributed by atoms with Gasteiger partial charge in [0.2, 0.25) is 5.60 Å². The maximum absolute atomic E-state index is 13.7. The molecule has 2 N–H and O–H groups in total. The number of halogens is 3. The van der Waals surface area contributed by atoms with E-state index in [-0.39, 0.29) is 12.0 Å². The molecule has 9 nitrogen and oxygen atoms in total. The molecule has 0 spiro atoms. The third-order valence-electron chi connectivity index (χ3n) is 8.64. The third kappa shape index (κ3) is 8.24. The van der Waals surface area contributed by atoms with Crippen molar-refractivity contribution < 1.29 is 51.7 Å². The zero-order chi connectivity index (χ0) is 33.4. The van der Waals surface area contributed by atoms with E-state index in [1.807, 2.05) is 48.5 Å². The number of methoxy groups -OCH3 is 1. The van der Waals surface area contributed by atoms with E-state index in [2.05, 4.69) is 5.32 Å². The van der Waals surface area contributed by atoms with Gasteiger partial charge in [-0.25, -0.2) is 4.79 Å². The Morgan fingerprint density at radius 3 is 2.02 bits per heavy atom. The Kier molecular flexibility index (Phi) is 11.1. The molecule has 3 aliphatic heterocycles. The van der Waals surface area contributed by atoms with Gasteiger partial charge in [-0.05, 0) is 29.3 Å². The average molecular weight is 643 g/mol. The van der Waals surface area contributed by atoms with Gasteiger partial charge in [0.1, 0.15) is 18.3 Å². The maximum Gasteiger partial charge on any atom is 0.430 e. The lowest BCUT2D eigenvalue weighted by Gasteiger charge is -2.52. The van der Waals surface area contributed by atoms with Crippen molar-refractivity contribution in [1.29, 1.82) is 0 Å². The first kappa shape index (κ1) is 34.5. The summed E-state index contributed by atoms with van der Waals surface area (Å²) in [4.78, 5) is 35.0. The molecule has 3 fully saturated rings. The van der Waals surface area contributed by atoms with Crippen molar-refractivity contribution in [2.24, 2.45) is 5.92 Å². The van der Waals surface area contributed by atoms with E-state index in [1.54, 1.807) is 43.5 Å². The molecular weight excluding hydrogens is 605 g/mol. The summed E-state index contributed by atoms with van der Waals surface area (Å²) in [5, 5.41) is 23.6. The number of hydrogen-bond acceptors (Lipinski definition) is 7. The molecule has 3 aliphatic rings. The van der Waals surface area contributed by atoms with Crippen LogP contribution in [0.25, 0.3) is 0 Å². The molecular formula is C34H37F3N2O7. The number of carboxylic acid groups (broad SMARTS) is 1. The number of hydrogen-bond donors (Lipinski definition) is 2. The Hall–Kier alpha value is -4.42. The van der Waals surface area contributed by atoms with Crippen molar-refractivity contribution in [3.05, 3.63) is 102 Å². The van der Waals surface area contributed by atoms with E-state index < -0.39 is 23.7 Å². The number of benzene rings is 3. The highest BCUT2D eigenvalue weighted by Gasteiger charge is 2.50. The van der Waals surface area contributed by atoms with Crippen molar-refractivity contribution in [3.63, 3.8) is 0 Å². The van der Waals surface area contributed by atoms with Gasteiger partial charge in [-0.3, -0.25) is 4.79 Å². The SMILES string of the molecule is COc1cccc(C(=O)NCCC[N+]23CCC(CC2)[C@@H](OC(=O)C(O)(c2ccccc2)c2ccccc2)C3)c1.O=C([O-])C(F)(F)F. The smallest absolute Gasteiger partial charge is 0.430 e. The number of alkyl halides is 3. The van der Waals surface area contributed by atoms with Gasteiger partial charge in [0.05, 0.1) is 26.7 Å². The third-order valence-corrected chi connectivity index (χ3v) is 8.64. The number of ether oxygens (including phenoxy) is 2. The first-order valence-corrected chi connectivity index (χ1v) is 15.0. The number of fused-ring (bicyclic) bond motifs is 3. The van der Waals surface area contributed by atoms with Crippen LogP contribution in [0.3, 0.4) is 0 Å². The fraction of sp³-hybridized carbons (Fsp3) is 0.382. The molecule has 246 valence electrons. The molecule has 3 aromatic rings. The van der Waals surface area contributed by atoms with Gasteiger partial charge in [0.15, 0.2) is 6.10 Å². The van der Waals surface area contributed by atoms with E-state index in [0.717, 1.165) is 49.9 Å². The van der Waals surface area contributed by atoms with Gasteiger partial charge < -0.3 is 34.3 Å². The second kappa shape index (κ2) is 14.8. The van der Waals surface area contributed by atoms with Gasteiger partial charge in [0.25, 0.3) is 5.91 Å². The molecule has 3 saturated heterocycles. The van der Waals surface area contributed by atoms with E-state index in [9.17, 15) is 27.9 Å². The van der Waals surface area contributed by atoms with Gasteiger partial charge in [-0.15, -0.1) is 0 Å². The Balaban J connectivity index is 0.000000617. The Bertz CT molecular complexity index is 1440. The summed E-state index contributed by atoms with van der Waals surface area (Å²) in [7, 11) is 1.58. The minimum atomic E-state index is -5.19. The van der Waals surface area contributed by atoms with Crippen LogP contribution in [0.15, 0.2) is 84.9 Å². The van der Waals surface area contributed by atoms with Crippen LogP contribution in [0.2, 0.25) is 0 Å². The van der Waals surface area contributed by atoms with Gasteiger partial charge in [-0.1, -0.05) is 66.7 Å². The fourth-order valence-corrected chi connectivity index (χ4v) is 6.14. The molecule has 0 unspecified atom stereocenters. The molecule has 0 aromatic heterocycles. The fourth-order valence-electron chi connectivity index (χ4n) is 6.14. The number of quaternary nitrogens is 1. The van der Waals surface area contributed by atoms with E-state index >= 15 is 0 Å². The van der Waals surface area contributed by atoms with Crippen LogP contribution < -0.4 is 15.2 Å². The molecule has 0 radical (unpaired) electrons. The minimum absolute atomic E-state index is 0.112. The summed E-state index contributed by atoms with van der Waals surface area (Å²) in [6.07, 6.45) is -2.63. The summed E-state index contributed by atoms with van der Waals surface area (Å²) >= 11 is 0. The number of carbonyl (C=O) groups excluding carboxylic acids is 3. The van der Waals surface area contributed by atoms with Crippen LogP contribution in [-0.4, -0.2) is 79.5 Å². The molecule has 2 bridgehead atoms. The van der Waals surface area contributed by atoms with Crippen LogP contribution in [0.4, 0.5) is 13.2 Å². The van der Waals surface area contributed by atoms with Gasteiger partial charge in [0, 0.05) is 37.3 Å². The minimum Gasteiger partial charge on any atom is -0.542 e. The number of nitrogens with zero attached hydrogens (tertiary/aromatic N) is 1. The van der Waals surface area contributed by atoms with Crippen molar-refractivity contribution in [1.82, 2.24) is 5.32 Å². The van der Waals surface area contributed by atoms with E-state index in [4.69, 9.17) is 19.4 Å². The highest BCUT2D eigenvalue weighted by atomic mass is 19.4.